The number of carbonyl (C=O) groups is 2. The van der Waals surface area contributed by atoms with Gasteiger partial charge in [-0.05, 0) is 61.2 Å². The Morgan fingerprint density at radius 3 is 2.60 bits per heavy atom. The Bertz CT molecular complexity index is 1210. The van der Waals surface area contributed by atoms with Crippen molar-refractivity contribution in [2.24, 2.45) is 11.0 Å². The van der Waals surface area contributed by atoms with Gasteiger partial charge in [0, 0.05) is 10.6 Å². The molecule has 0 fully saturated rings. The molecule has 3 rings (SSSR count). The molecule has 2 aromatic carbocycles. The number of furan rings is 1. The number of hydrogen-bond acceptors (Lipinski definition) is 5. The topological polar surface area (TPSA) is 92.9 Å². The van der Waals surface area contributed by atoms with E-state index in [1.54, 1.807) is 36.4 Å². The van der Waals surface area contributed by atoms with Crippen molar-refractivity contribution in [3.63, 3.8) is 0 Å². The standard InChI is InChI=1S/C26H27Cl2N3O4/c1-16(2)12-22(30-25(32)15-34-23-7-5-4-6-17(23)3)26(33)31-29-14-19-9-11-24(35-19)20-10-8-18(27)13-21(20)28/h4-11,13-14,16,22H,12,15H2,1-3H3,(H,30,32)(H,31,33)/b29-14-/t22-/m1/s1. The highest BCUT2D eigenvalue weighted by atomic mass is 35.5. The van der Waals surface area contributed by atoms with Crippen molar-refractivity contribution in [3.8, 4) is 17.1 Å². The summed E-state index contributed by atoms with van der Waals surface area (Å²) < 4.78 is 11.3. The fourth-order valence-corrected chi connectivity index (χ4v) is 3.80. The summed E-state index contributed by atoms with van der Waals surface area (Å²) in [4.78, 5) is 25.1. The second-order valence-electron chi connectivity index (χ2n) is 8.36. The molecule has 1 aromatic heterocycles. The predicted molar refractivity (Wildman–Crippen MR) is 138 cm³/mol. The molecule has 184 valence electrons. The molecule has 3 aromatic rings. The molecular formula is C26H27Cl2N3O4. The van der Waals surface area contributed by atoms with Crippen LogP contribution in [0.4, 0.5) is 0 Å². The summed E-state index contributed by atoms with van der Waals surface area (Å²) in [7, 11) is 0. The van der Waals surface area contributed by atoms with Crippen molar-refractivity contribution in [3.05, 3.63) is 76.0 Å². The molecule has 0 spiro atoms. The second-order valence-corrected chi connectivity index (χ2v) is 9.21. The van der Waals surface area contributed by atoms with Crippen LogP contribution in [0.3, 0.4) is 0 Å². The lowest BCUT2D eigenvalue weighted by Crippen LogP contribution is -2.47. The van der Waals surface area contributed by atoms with Crippen LogP contribution in [-0.4, -0.2) is 30.7 Å². The van der Waals surface area contributed by atoms with Gasteiger partial charge in [-0.15, -0.1) is 0 Å². The SMILES string of the molecule is Cc1ccccc1OCC(=O)N[C@H](CC(C)C)C(=O)N/N=C\c1ccc(-c2ccc(Cl)cc2Cl)o1. The lowest BCUT2D eigenvalue weighted by Gasteiger charge is -2.19. The van der Waals surface area contributed by atoms with E-state index in [0.717, 1.165) is 5.56 Å². The third kappa shape index (κ3) is 7.87. The molecular weight excluding hydrogens is 489 g/mol. The number of rotatable bonds is 10. The summed E-state index contributed by atoms with van der Waals surface area (Å²) in [6.45, 7) is 5.63. The smallest absolute Gasteiger partial charge is 0.262 e. The third-order valence-corrected chi connectivity index (χ3v) is 5.55. The van der Waals surface area contributed by atoms with Crippen molar-refractivity contribution in [2.45, 2.75) is 33.2 Å². The third-order valence-electron chi connectivity index (χ3n) is 5.00. The van der Waals surface area contributed by atoms with E-state index in [0.29, 0.717) is 39.3 Å². The number of para-hydroxylation sites is 1. The summed E-state index contributed by atoms with van der Waals surface area (Å²) >= 11 is 12.2. The number of nitrogens with zero attached hydrogens (tertiary/aromatic N) is 1. The number of hydrazone groups is 1. The van der Waals surface area contributed by atoms with Crippen LogP contribution in [-0.2, 0) is 9.59 Å². The molecule has 7 nitrogen and oxygen atoms in total. The van der Waals surface area contributed by atoms with Gasteiger partial charge in [0.2, 0.25) is 0 Å². The summed E-state index contributed by atoms with van der Waals surface area (Å²) in [5, 5.41) is 7.68. The van der Waals surface area contributed by atoms with Gasteiger partial charge >= 0.3 is 0 Å². The zero-order chi connectivity index (χ0) is 25.4. The Morgan fingerprint density at radius 1 is 1.11 bits per heavy atom. The number of aryl methyl sites for hydroxylation is 1. The first-order valence-corrected chi connectivity index (χ1v) is 11.8. The van der Waals surface area contributed by atoms with E-state index in [2.05, 4.69) is 15.8 Å². The molecule has 0 aliphatic carbocycles. The molecule has 0 radical (unpaired) electrons. The van der Waals surface area contributed by atoms with Crippen LogP contribution in [0.2, 0.25) is 10.0 Å². The lowest BCUT2D eigenvalue weighted by atomic mass is 10.0. The molecule has 2 amide bonds. The minimum Gasteiger partial charge on any atom is -0.484 e. The lowest BCUT2D eigenvalue weighted by molar-refractivity contribution is -0.130. The maximum absolute atomic E-state index is 12.7. The van der Waals surface area contributed by atoms with E-state index in [-0.39, 0.29) is 12.5 Å². The molecule has 0 saturated carbocycles. The monoisotopic (exact) mass is 515 g/mol. The quantitative estimate of drug-likeness (QED) is 0.270. The van der Waals surface area contributed by atoms with Gasteiger partial charge in [-0.2, -0.15) is 5.10 Å². The number of halogens is 2. The van der Waals surface area contributed by atoms with Gasteiger partial charge < -0.3 is 14.5 Å². The number of carbonyl (C=O) groups excluding carboxylic acids is 2. The summed E-state index contributed by atoms with van der Waals surface area (Å²) in [6, 6.07) is 15.2. The van der Waals surface area contributed by atoms with Crippen LogP contribution in [0, 0.1) is 12.8 Å². The minimum absolute atomic E-state index is 0.170. The van der Waals surface area contributed by atoms with Crippen LogP contribution in [0.5, 0.6) is 5.75 Å². The van der Waals surface area contributed by atoms with Crippen LogP contribution < -0.4 is 15.5 Å². The van der Waals surface area contributed by atoms with Crippen molar-refractivity contribution in [1.82, 2.24) is 10.7 Å². The van der Waals surface area contributed by atoms with Crippen LogP contribution >= 0.6 is 23.2 Å². The Kier molecular flexibility index (Phi) is 9.34. The number of ether oxygens (including phenoxy) is 1. The number of nitrogens with one attached hydrogen (secondary N) is 2. The number of benzene rings is 2. The Labute approximate surface area is 214 Å². The first-order chi connectivity index (χ1) is 16.7. The van der Waals surface area contributed by atoms with E-state index in [1.807, 2.05) is 39.0 Å². The first-order valence-electron chi connectivity index (χ1n) is 11.1. The van der Waals surface area contributed by atoms with Crippen molar-refractivity contribution in [2.75, 3.05) is 6.61 Å². The molecule has 2 N–H and O–H groups in total. The molecule has 0 aliphatic heterocycles. The molecule has 0 unspecified atom stereocenters. The van der Waals surface area contributed by atoms with E-state index < -0.39 is 17.9 Å². The first kappa shape index (κ1) is 26.3. The van der Waals surface area contributed by atoms with E-state index in [4.69, 9.17) is 32.4 Å². The van der Waals surface area contributed by atoms with E-state index in [1.165, 1.54) is 6.21 Å². The summed E-state index contributed by atoms with van der Waals surface area (Å²) in [6.07, 6.45) is 1.82. The second kappa shape index (κ2) is 12.4. The highest BCUT2D eigenvalue weighted by molar-refractivity contribution is 6.36. The molecule has 0 aliphatic rings. The van der Waals surface area contributed by atoms with Crippen molar-refractivity contribution < 1.29 is 18.7 Å². The van der Waals surface area contributed by atoms with E-state index >= 15 is 0 Å². The Hall–Kier alpha value is -3.29. The van der Waals surface area contributed by atoms with Crippen molar-refractivity contribution >= 4 is 41.2 Å². The molecule has 35 heavy (non-hydrogen) atoms. The Morgan fingerprint density at radius 2 is 1.89 bits per heavy atom. The maximum Gasteiger partial charge on any atom is 0.262 e. The highest BCUT2D eigenvalue weighted by Gasteiger charge is 2.22. The molecule has 1 atom stereocenters. The normalized spacial score (nSPS) is 12.1. The molecule has 1 heterocycles. The van der Waals surface area contributed by atoms with Gasteiger partial charge in [-0.1, -0.05) is 55.2 Å². The van der Waals surface area contributed by atoms with Gasteiger partial charge in [0.25, 0.3) is 11.8 Å². The summed E-state index contributed by atoms with van der Waals surface area (Å²) in [5.74, 6) is 0.916. The Balaban J connectivity index is 1.57. The highest BCUT2D eigenvalue weighted by Crippen LogP contribution is 2.31. The van der Waals surface area contributed by atoms with Gasteiger partial charge in [0.05, 0.1) is 11.2 Å². The zero-order valence-electron chi connectivity index (χ0n) is 19.7. The minimum atomic E-state index is -0.764. The van der Waals surface area contributed by atoms with Gasteiger partial charge in [0.1, 0.15) is 23.3 Å². The van der Waals surface area contributed by atoms with Gasteiger partial charge in [-0.3, -0.25) is 9.59 Å². The number of amides is 2. The van der Waals surface area contributed by atoms with Gasteiger partial charge in [-0.25, -0.2) is 5.43 Å². The molecule has 0 bridgehead atoms. The van der Waals surface area contributed by atoms with Crippen LogP contribution in [0.1, 0.15) is 31.6 Å². The zero-order valence-corrected chi connectivity index (χ0v) is 21.2. The largest absolute Gasteiger partial charge is 0.484 e. The molecule has 9 heteroatoms. The number of hydrogen-bond donors (Lipinski definition) is 2. The van der Waals surface area contributed by atoms with Crippen LogP contribution in [0.15, 0.2) is 64.1 Å². The predicted octanol–water partition coefficient (Wildman–Crippen LogP) is 5.62. The van der Waals surface area contributed by atoms with E-state index in [9.17, 15) is 9.59 Å². The average Bonchev–Trinajstić information content (AvgIpc) is 3.26. The average molecular weight is 516 g/mol. The fraction of sp³-hybridized carbons (Fsp3) is 0.269. The fourth-order valence-electron chi connectivity index (χ4n) is 3.29. The maximum atomic E-state index is 12.7. The van der Waals surface area contributed by atoms with Crippen molar-refractivity contribution in [1.29, 1.82) is 0 Å². The summed E-state index contributed by atoms with van der Waals surface area (Å²) in [5.41, 5.74) is 4.07. The van der Waals surface area contributed by atoms with Crippen LogP contribution in [0.25, 0.3) is 11.3 Å². The van der Waals surface area contributed by atoms with Gasteiger partial charge in [0.15, 0.2) is 6.61 Å². The molecule has 0 saturated heterocycles.